The number of rotatable bonds is 3. The van der Waals surface area contributed by atoms with Crippen LogP contribution in [0.5, 0.6) is 0 Å². The van der Waals surface area contributed by atoms with Gasteiger partial charge in [0.25, 0.3) is 5.91 Å². The van der Waals surface area contributed by atoms with Crippen LogP contribution in [0.15, 0.2) is 12.1 Å². The van der Waals surface area contributed by atoms with Gasteiger partial charge in [0.1, 0.15) is 6.04 Å². The molecule has 1 aromatic rings. The number of thiophene rings is 1. The SMILES string of the molecule is CCc1ccc(C(=O)N2CCNCC2C(=O)N(C)C)s1. The van der Waals surface area contributed by atoms with Crippen LogP contribution in [0.25, 0.3) is 0 Å². The molecule has 2 amide bonds. The minimum Gasteiger partial charge on any atom is -0.347 e. The van der Waals surface area contributed by atoms with E-state index < -0.39 is 6.04 Å². The average molecular weight is 295 g/mol. The Kier molecular flexibility index (Phi) is 4.77. The van der Waals surface area contributed by atoms with E-state index in [-0.39, 0.29) is 11.8 Å². The highest BCUT2D eigenvalue weighted by molar-refractivity contribution is 7.14. The van der Waals surface area contributed by atoms with Crippen molar-refractivity contribution in [3.63, 3.8) is 0 Å². The Morgan fingerprint density at radius 2 is 2.20 bits per heavy atom. The number of hydrogen-bond donors (Lipinski definition) is 1. The minimum absolute atomic E-state index is 0.0298. The van der Waals surface area contributed by atoms with Gasteiger partial charge >= 0.3 is 0 Å². The van der Waals surface area contributed by atoms with Crippen LogP contribution in [-0.2, 0) is 11.2 Å². The molecule has 6 heteroatoms. The molecule has 2 rings (SSSR count). The van der Waals surface area contributed by atoms with E-state index in [0.29, 0.717) is 13.1 Å². The molecule has 20 heavy (non-hydrogen) atoms. The van der Waals surface area contributed by atoms with Gasteiger partial charge in [-0.05, 0) is 18.6 Å². The predicted molar refractivity (Wildman–Crippen MR) is 80.1 cm³/mol. The van der Waals surface area contributed by atoms with Gasteiger partial charge in [-0.1, -0.05) is 6.92 Å². The number of hydrogen-bond acceptors (Lipinski definition) is 4. The van der Waals surface area contributed by atoms with Crippen LogP contribution in [0, 0.1) is 0 Å². The smallest absolute Gasteiger partial charge is 0.264 e. The van der Waals surface area contributed by atoms with Crippen molar-refractivity contribution in [2.24, 2.45) is 0 Å². The second-order valence-corrected chi connectivity index (χ2v) is 6.24. The molecule has 1 saturated heterocycles. The summed E-state index contributed by atoms with van der Waals surface area (Å²) in [7, 11) is 3.44. The molecule has 0 saturated carbocycles. The van der Waals surface area contributed by atoms with E-state index in [2.05, 4.69) is 12.2 Å². The van der Waals surface area contributed by atoms with Gasteiger partial charge in [-0.15, -0.1) is 11.3 Å². The first-order chi connectivity index (χ1) is 9.54. The van der Waals surface area contributed by atoms with Crippen LogP contribution in [0.3, 0.4) is 0 Å². The molecule has 0 radical (unpaired) electrons. The van der Waals surface area contributed by atoms with E-state index in [1.165, 1.54) is 16.2 Å². The van der Waals surface area contributed by atoms with Gasteiger partial charge < -0.3 is 15.1 Å². The third-order valence-electron chi connectivity index (χ3n) is 3.45. The number of likely N-dealkylation sites (N-methyl/N-ethyl adjacent to an activating group) is 1. The Morgan fingerprint density at radius 1 is 1.45 bits per heavy atom. The number of amides is 2. The van der Waals surface area contributed by atoms with Crippen molar-refractivity contribution in [3.8, 4) is 0 Å². The predicted octanol–water partition coefficient (Wildman–Crippen LogP) is 0.813. The first-order valence-electron chi connectivity index (χ1n) is 6.86. The molecular weight excluding hydrogens is 274 g/mol. The summed E-state index contributed by atoms with van der Waals surface area (Å²) in [5.41, 5.74) is 0. The fourth-order valence-corrected chi connectivity index (χ4v) is 3.19. The Labute approximate surface area is 123 Å². The van der Waals surface area contributed by atoms with Crippen LogP contribution in [0.2, 0.25) is 0 Å². The molecule has 0 bridgehead atoms. The molecule has 0 aliphatic carbocycles. The normalized spacial score (nSPS) is 18.9. The molecule has 1 aliphatic heterocycles. The lowest BCUT2D eigenvalue weighted by molar-refractivity contribution is -0.134. The highest BCUT2D eigenvalue weighted by atomic mass is 32.1. The van der Waals surface area contributed by atoms with Crippen LogP contribution >= 0.6 is 11.3 Å². The van der Waals surface area contributed by atoms with Gasteiger partial charge in [-0.3, -0.25) is 9.59 Å². The summed E-state index contributed by atoms with van der Waals surface area (Å²) in [5.74, 6) is -0.0609. The molecule has 1 fully saturated rings. The van der Waals surface area contributed by atoms with E-state index >= 15 is 0 Å². The van der Waals surface area contributed by atoms with Crippen LogP contribution in [0.1, 0.15) is 21.5 Å². The summed E-state index contributed by atoms with van der Waals surface area (Å²) >= 11 is 1.52. The highest BCUT2D eigenvalue weighted by Crippen LogP contribution is 2.20. The maximum Gasteiger partial charge on any atom is 0.264 e. The van der Waals surface area contributed by atoms with Crippen LogP contribution in [-0.4, -0.2) is 61.4 Å². The summed E-state index contributed by atoms with van der Waals surface area (Å²) < 4.78 is 0. The van der Waals surface area contributed by atoms with Crippen molar-refractivity contribution in [1.29, 1.82) is 0 Å². The lowest BCUT2D eigenvalue weighted by atomic mass is 10.1. The zero-order chi connectivity index (χ0) is 14.7. The number of piperazine rings is 1. The molecule has 1 aromatic heterocycles. The van der Waals surface area contributed by atoms with Gasteiger partial charge in [0, 0.05) is 38.6 Å². The molecule has 1 aliphatic rings. The third kappa shape index (κ3) is 3.02. The standard InChI is InChI=1S/C14H21N3O2S/c1-4-10-5-6-12(20-10)14(19)17-8-7-15-9-11(17)13(18)16(2)3/h5-6,11,15H,4,7-9H2,1-3H3. The second kappa shape index (κ2) is 6.37. The lowest BCUT2D eigenvalue weighted by Crippen LogP contribution is -2.59. The fraction of sp³-hybridized carbons (Fsp3) is 0.571. The fourth-order valence-electron chi connectivity index (χ4n) is 2.29. The van der Waals surface area contributed by atoms with E-state index in [1.807, 2.05) is 12.1 Å². The van der Waals surface area contributed by atoms with Crippen molar-refractivity contribution in [3.05, 3.63) is 21.9 Å². The zero-order valence-corrected chi connectivity index (χ0v) is 13.0. The summed E-state index contributed by atoms with van der Waals surface area (Å²) in [4.78, 5) is 30.0. The monoisotopic (exact) mass is 295 g/mol. The topological polar surface area (TPSA) is 52.7 Å². The number of nitrogens with zero attached hydrogens (tertiary/aromatic N) is 2. The maximum atomic E-state index is 12.6. The van der Waals surface area contributed by atoms with Crippen molar-refractivity contribution >= 4 is 23.2 Å². The van der Waals surface area contributed by atoms with Gasteiger partial charge in [0.2, 0.25) is 5.91 Å². The van der Waals surface area contributed by atoms with Crippen LogP contribution in [0.4, 0.5) is 0 Å². The van der Waals surface area contributed by atoms with Gasteiger partial charge in [-0.2, -0.15) is 0 Å². The Morgan fingerprint density at radius 3 is 2.80 bits per heavy atom. The molecule has 5 nitrogen and oxygen atoms in total. The van der Waals surface area contributed by atoms with Gasteiger partial charge in [0.05, 0.1) is 4.88 Å². The van der Waals surface area contributed by atoms with E-state index in [0.717, 1.165) is 17.8 Å². The molecule has 2 heterocycles. The van der Waals surface area contributed by atoms with Gasteiger partial charge in [0.15, 0.2) is 0 Å². The molecule has 0 spiro atoms. The maximum absolute atomic E-state index is 12.6. The minimum atomic E-state index is -0.404. The lowest BCUT2D eigenvalue weighted by Gasteiger charge is -2.36. The number of aryl methyl sites for hydroxylation is 1. The first-order valence-corrected chi connectivity index (χ1v) is 7.67. The molecule has 1 atom stereocenters. The summed E-state index contributed by atoms with van der Waals surface area (Å²) in [6.07, 6.45) is 0.930. The molecular formula is C14H21N3O2S. The number of nitrogens with one attached hydrogen (secondary N) is 1. The van der Waals surface area contributed by atoms with Crippen molar-refractivity contribution < 1.29 is 9.59 Å². The molecule has 110 valence electrons. The Balaban J connectivity index is 2.19. The van der Waals surface area contributed by atoms with Crippen molar-refractivity contribution in [2.45, 2.75) is 19.4 Å². The van der Waals surface area contributed by atoms with E-state index in [1.54, 1.807) is 23.9 Å². The summed E-state index contributed by atoms with van der Waals surface area (Å²) in [6.45, 7) is 3.90. The van der Waals surface area contributed by atoms with E-state index in [4.69, 9.17) is 0 Å². The molecule has 1 unspecified atom stereocenters. The Hall–Kier alpha value is -1.40. The van der Waals surface area contributed by atoms with Gasteiger partial charge in [-0.25, -0.2) is 0 Å². The van der Waals surface area contributed by atoms with E-state index in [9.17, 15) is 9.59 Å². The van der Waals surface area contributed by atoms with Crippen molar-refractivity contribution in [1.82, 2.24) is 15.1 Å². The molecule has 1 N–H and O–H groups in total. The zero-order valence-electron chi connectivity index (χ0n) is 12.2. The average Bonchev–Trinajstić information content (AvgIpc) is 2.94. The Bertz CT molecular complexity index is 498. The largest absolute Gasteiger partial charge is 0.347 e. The van der Waals surface area contributed by atoms with Crippen molar-refractivity contribution in [2.75, 3.05) is 33.7 Å². The third-order valence-corrected chi connectivity index (χ3v) is 4.67. The first kappa shape index (κ1) is 15.0. The molecule has 0 aromatic carbocycles. The highest BCUT2D eigenvalue weighted by Gasteiger charge is 2.33. The summed E-state index contributed by atoms with van der Waals surface area (Å²) in [6, 6.07) is 3.45. The van der Waals surface area contributed by atoms with Crippen LogP contribution < -0.4 is 5.32 Å². The number of carbonyl (C=O) groups is 2. The number of carbonyl (C=O) groups excluding carboxylic acids is 2. The quantitative estimate of drug-likeness (QED) is 0.898. The summed E-state index contributed by atoms with van der Waals surface area (Å²) in [5, 5.41) is 3.19. The second-order valence-electron chi connectivity index (χ2n) is 5.07.